The molecule has 0 saturated carbocycles. The van der Waals surface area contributed by atoms with Crippen molar-refractivity contribution < 1.29 is 4.79 Å². The van der Waals surface area contributed by atoms with E-state index in [1.807, 2.05) is 29.8 Å². The molecule has 3 aromatic rings. The molecule has 0 N–H and O–H groups in total. The Kier molecular flexibility index (Phi) is 3.54. The summed E-state index contributed by atoms with van der Waals surface area (Å²) in [6.07, 6.45) is 2.68. The Balaban J connectivity index is 2.02. The standard InChI is InChI=1S/C15H11BrN2OS/c1-10-7-11(4-5-13(10)16)14-9-20-15(17-14)18-6-2-3-12(18)8-19/h2-9H,1H3. The number of aromatic nitrogens is 2. The molecule has 0 aliphatic carbocycles. The molecule has 3 rings (SSSR count). The molecule has 0 bridgehead atoms. The van der Waals surface area contributed by atoms with Crippen LogP contribution in [0.1, 0.15) is 16.1 Å². The summed E-state index contributed by atoms with van der Waals surface area (Å²) in [7, 11) is 0. The van der Waals surface area contributed by atoms with E-state index < -0.39 is 0 Å². The van der Waals surface area contributed by atoms with E-state index >= 15 is 0 Å². The van der Waals surface area contributed by atoms with Gasteiger partial charge in [-0.1, -0.05) is 22.0 Å². The highest BCUT2D eigenvalue weighted by Gasteiger charge is 2.09. The monoisotopic (exact) mass is 346 g/mol. The van der Waals surface area contributed by atoms with E-state index in [9.17, 15) is 4.79 Å². The first-order valence-electron chi connectivity index (χ1n) is 6.04. The molecule has 0 atom stereocenters. The second-order valence-electron chi connectivity index (χ2n) is 4.40. The predicted octanol–water partition coefficient (Wildman–Crippen LogP) is 4.48. The molecular formula is C15H11BrN2OS. The molecule has 2 aromatic heterocycles. The third-order valence-electron chi connectivity index (χ3n) is 3.05. The molecule has 0 saturated heterocycles. The minimum absolute atomic E-state index is 0.609. The number of carbonyl (C=O) groups is 1. The average molecular weight is 347 g/mol. The lowest BCUT2D eigenvalue weighted by Crippen LogP contribution is -1.96. The summed E-state index contributed by atoms with van der Waals surface area (Å²) < 4.78 is 2.89. The molecule has 5 heteroatoms. The molecule has 0 aliphatic rings. The SMILES string of the molecule is Cc1cc(-c2csc(-n3cccc3C=O)n2)ccc1Br. The summed E-state index contributed by atoms with van der Waals surface area (Å²) in [4.78, 5) is 15.6. The fourth-order valence-corrected chi connectivity index (χ4v) is 3.06. The highest BCUT2D eigenvalue weighted by atomic mass is 79.9. The maximum Gasteiger partial charge on any atom is 0.194 e. The molecule has 3 nitrogen and oxygen atoms in total. The number of hydrogen-bond acceptors (Lipinski definition) is 3. The van der Waals surface area contributed by atoms with Gasteiger partial charge in [0.1, 0.15) is 0 Å². The summed E-state index contributed by atoms with van der Waals surface area (Å²) in [6, 6.07) is 9.77. The summed E-state index contributed by atoms with van der Waals surface area (Å²) >= 11 is 5.02. The first-order valence-corrected chi connectivity index (χ1v) is 7.71. The second kappa shape index (κ2) is 5.34. The average Bonchev–Trinajstić information content (AvgIpc) is 3.09. The van der Waals surface area contributed by atoms with Crippen molar-refractivity contribution in [2.75, 3.05) is 0 Å². The van der Waals surface area contributed by atoms with Gasteiger partial charge in [0.25, 0.3) is 0 Å². The van der Waals surface area contributed by atoms with Crippen LogP contribution in [0.15, 0.2) is 46.4 Å². The van der Waals surface area contributed by atoms with Crippen LogP contribution in [0.25, 0.3) is 16.4 Å². The first-order chi connectivity index (χ1) is 9.69. The number of thiazole rings is 1. The van der Waals surface area contributed by atoms with Crippen LogP contribution in [0.5, 0.6) is 0 Å². The van der Waals surface area contributed by atoms with Crippen LogP contribution in [0.2, 0.25) is 0 Å². The Morgan fingerprint density at radius 3 is 2.95 bits per heavy atom. The van der Waals surface area contributed by atoms with Crippen LogP contribution < -0.4 is 0 Å². The van der Waals surface area contributed by atoms with Crippen molar-refractivity contribution in [3.63, 3.8) is 0 Å². The fraction of sp³-hybridized carbons (Fsp3) is 0.0667. The quantitative estimate of drug-likeness (QED) is 0.655. The zero-order chi connectivity index (χ0) is 14.1. The summed E-state index contributed by atoms with van der Waals surface area (Å²) in [5, 5.41) is 2.81. The van der Waals surface area contributed by atoms with Gasteiger partial charge in [-0.2, -0.15) is 0 Å². The lowest BCUT2D eigenvalue weighted by Gasteiger charge is -2.02. The number of hydrogen-bond donors (Lipinski definition) is 0. The Bertz CT molecular complexity index is 776. The molecule has 0 spiro atoms. The molecule has 0 aliphatic heterocycles. The minimum Gasteiger partial charge on any atom is -0.296 e. The van der Waals surface area contributed by atoms with Crippen LogP contribution in [0.3, 0.4) is 0 Å². The molecule has 1 aromatic carbocycles. The Hall–Kier alpha value is -1.72. The number of rotatable bonds is 3. The fourth-order valence-electron chi connectivity index (χ4n) is 1.98. The van der Waals surface area contributed by atoms with E-state index in [1.54, 1.807) is 10.6 Å². The highest BCUT2D eigenvalue weighted by molar-refractivity contribution is 9.10. The number of carbonyl (C=O) groups excluding carboxylic acids is 1. The molecule has 0 unspecified atom stereocenters. The normalized spacial score (nSPS) is 10.7. The number of benzene rings is 1. The van der Waals surface area contributed by atoms with Crippen LogP contribution in [0.4, 0.5) is 0 Å². The van der Waals surface area contributed by atoms with Gasteiger partial charge in [0.15, 0.2) is 11.4 Å². The molecule has 100 valence electrons. The lowest BCUT2D eigenvalue weighted by molar-refractivity contribution is 0.111. The van der Waals surface area contributed by atoms with Gasteiger partial charge in [0, 0.05) is 21.6 Å². The van der Waals surface area contributed by atoms with E-state index in [1.165, 1.54) is 16.9 Å². The van der Waals surface area contributed by atoms with Gasteiger partial charge in [-0.3, -0.25) is 9.36 Å². The zero-order valence-electron chi connectivity index (χ0n) is 10.7. The Morgan fingerprint density at radius 2 is 2.20 bits per heavy atom. The van der Waals surface area contributed by atoms with Gasteiger partial charge >= 0.3 is 0 Å². The number of aryl methyl sites for hydroxylation is 1. The van der Waals surface area contributed by atoms with Crippen molar-refractivity contribution in [2.24, 2.45) is 0 Å². The smallest absolute Gasteiger partial charge is 0.194 e. The zero-order valence-corrected chi connectivity index (χ0v) is 13.1. The number of nitrogens with zero attached hydrogens (tertiary/aromatic N) is 2. The minimum atomic E-state index is 0.609. The summed E-state index contributed by atoms with van der Waals surface area (Å²) in [6.45, 7) is 2.05. The van der Waals surface area contributed by atoms with Crippen molar-refractivity contribution in [3.8, 4) is 16.4 Å². The number of halogens is 1. The molecule has 0 amide bonds. The van der Waals surface area contributed by atoms with Crippen LogP contribution in [-0.4, -0.2) is 15.8 Å². The van der Waals surface area contributed by atoms with Crippen molar-refractivity contribution in [3.05, 3.63) is 57.6 Å². The van der Waals surface area contributed by atoms with Crippen molar-refractivity contribution >= 4 is 33.6 Å². The van der Waals surface area contributed by atoms with E-state index in [-0.39, 0.29) is 0 Å². The highest BCUT2D eigenvalue weighted by Crippen LogP contribution is 2.28. The van der Waals surface area contributed by atoms with E-state index in [0.717, 1.165) is 27.1 Å². The maximum atomic E-state index is 11.0. The van der Waals surface area contributed by atoms with Gasteiger partial charge < -0.3 is 0 Å². The Morgan fingerprint density at radius 1 is 1.35 bits per heavy atom. The predicted molar refractivity (Wildman–Crippen MR) is 84.7 cm³/mol. The first kappa shape index (κ1) is 13.3. The molecule has 2 heterocycles. The summed E-state index contributed by atoms with van der Waals surface area (Å²) in [5.41, 5.74) is 3.78. The van der Waals surface area contributed by atoms with Crippen molar-refractivity contribution in [1.82, 2.24) is 9.55 Å². The topological polar surface area (TPSA) is 34.9 Å². The summed E-state index contributed by atoms with van der Waals surface area (Å²) in [5.74, 6) is 0. The van der Waals surface area contributed by atoms with Crippen LogP contribution in [0, 0.1) is 6.92 Å². The second-order valence-corrected chi connectivity index (χ2v) is 6.09. The van der Waals surface area contributed by atoms with Crippen molar-refractivity contribution in [1.29, 1.82) is 0 Å². The molecule has 0 fully saturated rings. The van der Waals surface area contributed by atoms with E-state index in [4.69, 9.17) is 0 Å². The lowest BCUT2D eigenvalue weighted by atomic mass is 10.1. The van der Waals surface area contributed by atoms with Gasteiger partial charge in [0.05, 0.1) is 11.4 Å². The largest absolute Gasteiger partial charge is 0.296 e. The van der Waals surface area contributed by atoms with Crippen LogP contribution >= 0.6 is 27.3 Å². The Labute approximate surface area is 129 Å². The van der Waals surface area contributed by atoms with E-state index in [0.29, 0.717) is 5.69 Å². The molecule has 20 heavy (non-hydrogen) atoms. The third kappa shape index (κ3) is 2.34. The van der Waals surface area contributed by atoms with Gasteiger partial charge in [-0.15, -0.1) is 11.3 Å². The van der Waals surface area contributed by atoms with Gasteiger partial charge in [-0.05, 0) is 36.8 Å². The van der Waals surface area contributed by atoms with E-state index in [2.05, 4.69) is 33.9 Å². The van der Waals surface area contributed by atoms with Gasteiger partial charge in [0.2, 0.25) is 0 Å². The molecular weight excluding hydrogens is 336 g/mol. The van der Waals surface area contributed by atoms with Gasteiger partial charge in [-0.25, -0.2) is 4.98 Å². The maximum absolute atomic E-state index is 11.0. The van der Waals surface area contributed by atoms with Crippen molar-refractivity contribution in [2.45, 2.75) is 6.92 Å². The van der Waals surface area contributed by atoms with Crippen LogP contribution in [-0.2, 0) is 0 Å². The number of aldehydes is 1. The third-order valence-corrected chi connectivity index (χ3v) is 4.78. The molecule has 0 radical (unpaired) electrons.